The van der Waals surface area contributed by atoms with Gasteiger partial charge in [-0.2, -0.15) is 0 Å². The average Bonchev–Trinajstić information content (AvgIpc) is 2.37. The minimum absolute atomic E-state index is 0.0480. The summed E-state index contributed by atoms with van der Waals surface area (Å²) < 4.78 is 24.6. The lowest BCUT2D eigenvalue weighted by Crippen LogP contribution is -2.59. The Morgan fingerprint density at radius 3 is 2.81 bits per heavy atom. The van der Waals surface area contributed by atoms with Crippen LogP contribution in [0, 0.1) is 5.92 Å². The van der Waals surface area contributed by atoms with Gasteiger partial charge in [-0.1, -0.05) is 0 Å². The van der Waals surface area contributed by atoms with Crippen LogP contribution in [0.4, 0.5) is 0 Å². The van der Waals surface area contributed by atoms with Crippen LogP contribution < -0.4 is 5.32 Å². The number of hydrogen-bond donors (Lipinski definition) is 2. The number of carboxylic acids is 1. The van der Waals surface area contributed by atoms with E-state index in [0.717, 1.165) is 12.8 Å². The highest BCUT2D eigenvalue weighted by molar-refractivity contribution is 7.88. The van der Waals surface area contributed by atoms with E-state index < -0.39 is 22.0 Å². The summed E-state index contributed by atoms with van der Waals surface area (Å²) >= 11 is 0. The van der Waals surface area contributed by atoms with E-state index in [1.165, 1.54) is 10.6 Å². The summed E-state index contributed by atoms with van der Waals surface area (Å²) in [6, 6.07) is -0.740. The minimum atomic E-state index is -3.22. The fourth-order valence-electron chi connectivity index (χ4n) is 2.93. The highest BCUT2D eigenvalue weighted by Crippen LogP contribution is 2.21. The zero-order valence-corrected chi connectivity index (χ0v) is 12.8. The lowest BCUT2D eigenvalue weighted by molar-refractivity contribution is -0.146. The summed E-state index contributed by atoms with van der Waals surface area (Å²) in [5.74, 6) is -1.10. The van der Waals surface area contributed by atoms with Crippen LogP contribution in [0.2, 0.25) is 0 Å². The molecule has 0 saturated carbocycles. The number of nitrogens with zero attached hydrogens (tertiary/aromatic N) is 2. The van der Waals surface area contributed by atoms with E-state index in [1.807, 2.05) is 0 Å². The molecule has 2 unspecified atom stereocenters. The maximum absolute atomic E-state index is 11.6. The number of amides is 1. The zero-order chi connectivity index (χ0) is 15.6. The van der Waals surface area contributed by atoms with E-state index in [-0.39, 0.29) is 24.9 Å². The molecule has 2 aliphatic heterocycles. The average molecular weight is 319 g/mol. The fourth-order valence-corrected chi connectivity index (χ4v) is 3.88. The van der Waals surface area contributed by atoms with E-state index in [9.17, 15) is 23.1 Å². The van der Waals surface area contributed by atoms with Crippen LogP contribution >= 0.6 is 0 Å². The first-order valence-electron chi connectivity index (χ1n) is 6.96. The summed E-state index contributed by atoms with van der Waals surface area (Å²) in [4.78, 5) is 24.3. The molecule has 0 aromatic rings. The van der Waals surface area contributed by atoms with Gasteiger partial charge in [-0.25, -0.2) is 12.7 Å². The molecule has 2 aliphatic rings. The minimum Gasteiger partial charge on any atom is -0.480 e. The number of piperidine rings is 1. The summed E-state index contributed by atoms with van der Waals surface area (Å²) in [5, 5.41) is 11.8. The van der Waals surface area contributed by atoms with Crippen molar-refractivity contribution in [1.29, 1.82) is 0 Å². The topological polar surface area (TPSA) is 107 Å². The maximum atomic E-state index is 11.6. The predicted molar refractivity (Wildman–Crippen MR) is 75.1 cm³/mol. The van der Waals surface area contributed by atoms with Crippen molar-refractivity contribution in [3.63, 3.8) is 0 Å². The van der Waals surface area contributed by atoms with Crippen LogP contribution in [0.1, 0.15) is 12.8 Å². The highest BCUT2D eigenvalue weighted by Gasteiger charge is 2.35. The van der Waals surface area contributed by atoms with Gasteiger partial charge in [0.05, 0.1) is 12.8 Å². The molecule has 120 valence electrons. The molecular formula is C12H21N3O5S. The Balaban J connectivity index is 2.01. The van der Waals surface area contributed by atoms with E-state index in [0.29, 0.717) is 19.6 Å². The SMILES string of the molecule is CS(=O)(=O)N1CCCC(CN2CC(=O)NCC2C(=O)O)C1. The molecule has 0 aromatic heterocycles. The largest absolute Gasteiger partial charge is 0.480 e. The molecule has 1 amide bonds. The maximum Gasteiger partial charge on any atom is 0.322 e. The predicted octanol–water partition coefficient (Wildman–Crippen LogP) is -1.46. The van der Waals surface area contributed by atoms with Crippen LogP contribution in [0.3, 0.4) is 0 Å². The molecule has 2 N–H and O–H groups in total. The van der Waals surface area contributed by atoms with Crippen molar-refractivity contribution in [3.05, 3.63) is 0 Å². The van der Waals surface area contributed by atoms with Gasteiger partial charge in [0.25, 0.3) is 0 Å². The summed E-state index contributed by atoms with van der Waals surface area (Å²) in [7, 11) is -3.22. The first kappa shape index (κ1) is 16.2. The van der Waals surface area contributed by atoms with Gasteiger partial charge >= 0.3 is 5.97 Å². The Bertz CT molecular complexity index is 521. The number of piperazine rings is 1. The zero-order valence-electron chi connectivity index (χ0n) is 12.0. The first-order valence-corrected chi connectivity index (χ1v) is 8.81. The van der Waals surface area contributed by atoms with Crippen LogP contribution in [-0.4, -0.2) is 79.6 Å². The van der Waals surface area contributed by atoms with Crippen LogP contribution in [0.5, 0.6) is 0 Å². The number of carboxylic acid groups (broad SMARTS) is 1. The van der Waals surface area contributed by atoms with Gasteiger partial charge in [0.2, 0.25) is 15.9 Å². The second kappa shape index (κ2) is 6.29. The normalized spacial score (nSPS) is 29.1. The molecule has 2 rings (SSSR count). The summed E-state index contributed by atoms with van der Waals surface area (Å²) in [6.07, 6.45) is 2.79. The molecule has 0 radical (unpaired) electrons. The van der Waals surface area contributed by atoms with Gasteiger partial charge in [-0.15, -0.1) is 0 Å². The van der Waals surface area contributed by atoms with Gasteiger partial charge < -0.3 is 10.4 Å². The quantitative estimate of drug-likeness (QED) is 0.656. The molecule has 2 saturated heterocycles. The van der Waals surface area contributed by atoms with Gasteiger partial charge in [0.1, 0.15) is 6.04 Å². The molecule has 2 heterocycles. The van der Waals surface area contributed by atoms with Gasteiger partial charge in [0, 0.05) is 26.2 Å². The molecule has 0 aliphatic carbocycles. The van der Waals surface area contributed by atoms with Crippen molar-refractivity contribution < 1.29 is 23.1 Å². The molecule has 9 heteroatoms. The van der Waals surface area contributed by atoms with Gasteiger partial charge in [-0.3, -0.25) is 14.5 Å². The molecule has 8 nitrogen and oxygen atoms in total. The Hall–Kier alpha value is -1.19. The van der Waals surface area contributed by atoms with E-state index in [1.54, 1.807) is 4.90 Å². The number of hydrogen-bond acceptors (Lipinski definition) is 5. The number of aliphatic carboxylic acids is 1. The second-order valence-corrected chi connectivity index (χ2v) is 7.70. The second-order valence-electron chi connectivity index (χ2n) is 5.72. The number of carbonyl (C=O) groups excluding carboxylic acids is 1. The van der Waals surface area contributed by atoms with Crippen molar-refractivity contribution in [2.75, 3.05) is 39.0 Å². The lowest BCUT2D eigenvalue weighted by atomic mass is 9.98. The molecule has 21 heavy (non-hydrogen) atoms. The third-order valence-corrected chi connectivity index (χ3v) is 5.28. The smallest absolute Gasteiger partial charge is 0.322 e. The Labute approximate surface area is 124 Å². The number of nitrogens with one attached hydrogen (secondary N) is 1. The van der Waals surface area contributed by atoms with E-state index in [4.69, 9.17) is 0 Å². The number of rotatable bonds is 4. The van der Waals surface area contributed by atoms with Crippen LogP contribution in [-0.2, 0) is 19.6 Å². The summed E-state index contributed by atoms with van der Waals surface area (Å²) in [6.45, 7) is 1.47. The molecule has 0 bridgehead atoms. The van der Waals surface area contributed by atoms with Gasteiger partial charge in [0.15, 0.2) is 0 Å². The molecule has 2 fully saturated rings. The van der Waals surface area contributed by atoms with Gasteiger partial charge in [-0.05, 0) is 18.8 Å². The Morgan fingerprint density at radius 2 is 2.19 bits per heavy atom. The Kier molecular flexibility index (Phi) is 4.84. The third-order valence-electron chi connectivity index (χ3n) is 4.01. The monoisotopic (exact) mass is 319 g/mol. The Morgan fingerprint density at radius 1 is 1.48 bits per heavy atom. The van der Waals surface area contributed by atoms with E-state index >= 15 is 0 Å². The number of carbonyl (C=O) groups is 2. The van der Waals surface area contributed by atoms with Crippen molar-refractivity contribution in [1.82, 2.24) is 14.5 Å². The standard InChI is InChI=1S/C12H21N3O5S/c1-21(19,20)15-4-2-3-9(7-15)6-14-8-11(16)13-5-10(14)12(17)18/h9-10H,2-8H2,1H3,(H,13,16)(H,17,18). The van der Waals surface area contributed by atoms with E-state index in [2.05, 4.69) is 5.32 Å². The van der Waals surface area contributed by atoms with Crippen molar-refractivity contribution in [3.8, 4) is 0 Å². The molecular weight excluding hydrogens is 298 g/mol. The van der Waals surface area contributed by atoms with Crippen LogP contribution in [0.25, 0.3) is 0 Å². The fraction of sp³-hybridized carbons (Fsp3) is 0.833. The first-order chi connectivity index (χ1) is 9.77. The van der Waals surface area contributed by atoms with Crippen LogP contribution in [0.15, 0.2) is 0 Å². The molecule has 0 aromatic carbocycles. The van der Waals surface area contributed by atoms with Crippen molar-refractivity contribution in [2.45, 2.75) is 18.9 Å². The third kappa shape index (κ3) is 4.14. The molecule has 0 spiro atoms. The highest BCUT2D eigenvalue weighted by atomic mass is 32.2. The summed E-state index contributed by atoms with van der Waals surface area (Å²) in [5.41, 5.74) is 0. The lowest BCUT2D eigenvalue weighted by Gasteiger charge is -2.38. The molecule has 2 atom stereocenters. The van der Waals surface area contributed by atoms with Crippen molar-refractivity contribution >= 4 is 21.9 Å². The number of sulfonamides is 1. The van der Waals surface area contributed by atoms with Crippen molar-refractivity contribution in [2.24, 2.45) is 5.92 Å².